The second-order valence-electron chi connectivity index (χ2n) is 7.98. The molecule has 32 heavy (non-hydrogen) atoms. The predicted molar refractivity (Wildman–Crippen MR) is 117 cm³/mol. The molecule has 0 aromatic heterocycles. The minimum Gasteiger partial charge on any atom is -0.468 e. The molecule has 1 aromatic carbocycles. The van der Waals surface area contributed by atoms with Crippen LogP contribution in [0, 0.1) is 11.8 Å². The van der Waals surface area contributed by atoms with Gasteiger partial charge in [0.15, 0.2) is 17.3 Å². The number of hydrogen-bond donors (Lipinski definition) is 1. The summed E-state index contributed by atoms with van der Waals surface area (Å²) < 4.78 is 21.9. The third-order valence-corrected chi connectivity index (χ3v) is 6.73. The number of esters is 2. The van der Waals surface area contributed by atoms with Crippen LogP contribution in [-0.2, 0) is 23.9 Å². The summed E-state index contributed by atoms with van der Waals surface area (Å²) in [6.45, 7) is 5.63. The summed E-state index contributed by atoms with van der Waals surface area (Å²) in [5.41, 5.74) is 2.64. The van der Waals surface area contributed by atoms with Gasteiger partial charge in [-0.25, -0.2) is 4.79 Å². The van der Waals surface area contributed by atoms with Gasteiger partial charge in [-0.05, 0) is 43.9 Å². The van der Waals surface area contributed by atoms with E-state index in [0.29, 0.717) is 50.5 Å². The maximum absolute atomic E-state index is 13.7. The number of nitrogens with one attached hydrogen (secondary N) is 1. The molecule has 8 nitrogen and oxygen atoms in total. The zero-order valence-electron chi connectivity index (χ0n) is 18.2. The highest BCUT2D eigenvalue weighted by molar-refractivity contribution is 9.10. The van der Waals surface area contributed by atoms with Crippen molar-refractivity contribution in [1.82, 2.24) is 5.32 Å². The van der Waals surface area contributed by atoms with Gasteiger partial charge in [-0.15, -0.1) is 0 Å². The molecule has 0 amide bonds. The van der Waals surface area contributed by atoms with Crippen LogP contribution in [0.5, 0.6) is 11.5 Å². The van der Waals surface area contributed by atoms with Gasteiger partial charge in [0.1, 0.15) is 5.92 Å². The van der Waals surface area contributed by atoms with Gasteiger partial charge in [0, 0.05) is 27.4 Å². The SMILES string of the molecule is CCOC(=O)C1=C(C)NC2=C(C(=O)[C@H](C(=O)OC)[C@@H](C)C2)[C@H]1c1cc2c(cc1Br)OCO2. The van der Waals surface area contributed by atoms with Gasteiger partial charge in [0.25, 0.3) is 0 Å². The van der Waals surface area contributed by atoms with E-state index >= 15 is 0 Å². The van der Waals surface area contributed by atoms with Crippen LogP contribution in [0.15, 0.2) is 39.1 Å². The van der Waals surface area contributed by atoms with Gasteiger partial charge in [0.2, 0.25) is 6.79 Å². The van der Waals surface area contributed by atoms with Crippen molar-refractivity contribution >= 4 is 33.7 Å². The Morgan fingerprint density at radius 2 is 1.94 bits per heavy atom. The first-order chi connectivity index (χ1) is 15.3. The molecule has 0 unspecified atom stereocenters. The van der Waals surface area contributed by atoms with Crippen molar-refractivity contribution in [3.63, 3.8) is 0 Å². The predicted octanol–water partition coefficient (Wildman–Crippen LogP) is 3.35. The first-order valence-corrected chi connectivity index (χ1v) is 11.2. The van der Waals surface area contributed by atoms with E-state index in [4.69, 9.17) is 18.9 Å². The highest BCUT2D eigenvalue weighted by Gasteiger charge is 2.47. The lowest BCUT2D eigenvalue weighted by molar-refractivity contribution is -0.151. The Hall–Kier alpha value is -2.81. The molecule has 3 aliphatic rings. The largest absolute Gasteiger partial charge is 0.468 e. The monoisotopic (exact) mass is 505 g/mol. The number of fused-ring (bicyclic) bond motifs is 1. The standard InChI is InChI=1S/C23H24BrNO7/c1-5-30-23(28)18-11(3)25-14-6-10(2)17(22(27)29-4)21(26)20(14)19(18)12-7-15-16(8-13(12)24)32-9-31-15/h7-8,10,17,19,25H,5-6,9H2,1-4H3/t10-,17+,19-/m0/s1. The van der Waals surface area contributed by atoms with E-state index in [1.807, 2.05) is 6.92 Å². The molecule has 1 N–H and O–H groups in total. The Kier molecular flexibility index (Phi) is 6.03. The molecule has 9 heteroatoms. The number of hydrogen-bond acceptors (Lipinski definition) is 8. The lowest BCUT2D eigenvalue weighted by Crippen LogP contribution is -2.43. The first-order valence-electron chi connectivity index (χ1n) is 10.4. The van der Waals surface area contributed by atoms with Crippen molar-refractivity contribution in [2.75, 3.05) is 20.5 Å². The Morgan fingerprint density at radius 3 is 2.59 bits per heavy atom. The molecular weight excluding hydrogens is 482 g/mol. The molecule has 0 fully saturated rings. The van der Waals surface area contributed by atoms with Crippen molar-refractivity contribution in [1.29, 1.82) is 0 Å². The fourth-order valence-electron chi connectivity index (χ4n) is 4.63. The molecule has 0 bridgehead atoms. The summed E-state index contributed by atoms with van der Waals surface area (Å²) in [5, 5.41) is 3.23. The van der Waals surface area contributed by atoms with E-state index in [0.717, 1.165) is 0 Å². The molecule has 0 saturated carbocycles. The Bertz CT molecular complexity index is 1070. The molecule has 3 atom stereocenters. The number of methoxy groups -OCH3 is 1. The molecule has 170 valence electrons. The number of halogens is 1. The lowest BCUT2D eigenvalue weighted by atomic mass is 9.69. The van der Waals surface area contributed by atoms with Gasteiger partial charge in [-0.2, -0.15) is 0 Å². The third kappa shape index (κ3) is 3.58. The number of carbonyl (C=O) groups excluding carboxylic acids is 3. The third-order valence-electron chi connectivity index (χ3n) is 6.04. The van der Waals surface area contributed by atoms with Crippen molar-refractivity contribution < 1.29 is 33.3 Å². The van der Waals surface area contributed by atoms with Gasteiger partial charge in [0.05, 0.1) is 19.3 Å². The second-order valence-corrected chi connectivity index (χ2v) is 8.84. The number of rotatable bonds is 4. The number of ether oxygens (including phenoxy) is 4. The topological polar surface area (TPSA) is 100 Å². The minimum absolute atomic E-state index is 0.0891. The van der Waals surface area contributed by atoms with Crippen molar-refractivity contribution in [3.05, 3.63) is 44.7 Å². The Balaban J connectivity index is 1.92. The first kappa shape index (κ1) is 22.4. The van der Waals surface area contributed by atoms with E-state index in [-0.39, 0.29) is 25.1 Å². The minimum atomic E-state index is -0.947. The van der Waals surface area contributed by atoms with Crippen molar-refractivity contribution in [2.24, 2.45) is 11.8 Å². The number of benzene rings is 1. The maximum Gasteiger partial charge on any atom is 0.336 e. The molecule has 0 radical (unpaired) electrons. The Labute approximate surface area is 194 Å². The average molecular weight is 506 g/mol. The van der Waals surface area contributed by atoms with Crippen LogP contribution in [0.4, 0.5) is 0 Å². The van der Waals surface area contributed by atoms with Crippen molar-refractivity contribution in [3.8, 4) is 11.5 Å². The van der Waals surface area contributed by atoms with Crippen LogP contribution in [0.2, 0.25) is 0 Å². The fraction of sp³-hybridized carbons (Fsp3) is 0.435. The zero-order valence-corrected chi connectivity index (χ0v) is 19.8. The smallest absolute Gasteiger partial charge is 0.336 e. The molecule has 2 aliphatic heterocycles. The molecule has 2 heterocycles. The molecule has 0 spiro atoms. The number of ketones is 1. The number of dihydropyridines is 1. The zero-order chi connectivity index (χ0) is 23.2. The van der Waals surface area contributed by atoms with Crippen LogP contribution in [0.1, 0.15) is 38.7 Å². The molecule has 0 saturated heterocycles. The van der Waals surface area contributed by atoms with Crippen molar-refractivity contribution in [2.45, 2.75) is 33.1 Å². The molecular formula is C23H24BrNO7. The van der Waals surface area contributed by atoms with E-state index in [2.05, 4.69) is 21.2 Å². The summed E-state index contributed by atoms with van der Waals surface area (Å²) in [4.78, 5) is 39.2. The summed E-state index contributed by atoms with van der Waals surface area (Å²) in [6, 6.07) is 3.52. The van der Waals surface area contributed by atoms with Crippen LogP contribution in [0.3, 0.4) is 0 Å². The summed E-state index contributed by atoms with van der Waals surface area (Å²) in [7, 11) is 1.27. The molecule has 1 aromatic rings. The molecule has 4 rings (SSSR count). The van der Waals surface area contributed by atoms with Gasteiger partial charge in [-0.3, -0.25) is 9.59 Å². The van der Waals surface area contributed by atoms with E-state index in [1.54, 1.807) is 26.0 Å². The van der Waals surface area contributed by atoms with Crippen LogP contribution in [-0.4, -0.2) is 38.2 Å². The molecule has 1 aliphatic carbocycles. The quantitative estimate of drug-likeness (QED) is 0.491. The highest BCUT2D eigenvalue weighted by Crippen LogP contribution is 2.49. The highest BCUT2D eigenvalue weighted by atomic mass is 79.9. The number of carbonyl (C=O) groups is 3. The summed E-state index contributed by atoms with van der Waals surface area (Å²) in [5.74, 6) is -2.33. The fourth-order valence-corrected chi connectivity index (χ4v) is 5.18. The van der Waals surface area contributed by atoms with Crippen LogP contribution in [0.25, 0.3) is 0 Å². The number of Topliss-reactive ketones (excluding diaryl/α,β-unsaturated/α-hetero) is 1. The van der Waals surface area contributed by atoms with Gasteiger partial charge < -0.3 is 24.3 Å². The summed E-state index contributed by atoms with van der Waals surface area (Å²) >= 11 is 3.57. The van der Waals surface area contributed by atoms with Gasteiger partial charge in [-0.1, -0.05) is 22.9 Å². The van der Waals surface area contributed by atoms with E-state index in [1.165, 1.54) is 7.11 Å². The number of allylic oxidation sites excluding steroid dienone is 3. The van der Waals surface area contributed by atoms with E-state index in [9.17, 15) is 14.4 Å². The Morgan fingerprint density at radius 1 is 1.25 bits per heavy atom. The van der Waals surface area contributed by atoms with E-state index < -0.39 is 23.8 Å². The maximum atomic E-state index is 13.7. The van der Waals surface area contributed by atoms with Crippen LogP contribution >= 0.6 is 15.9 Å². The summed E-state index contributed by atoms with van der Waals surface area (Å²) in [6.07, 6.45) is 0.465. The van der Waals surface area contributed by atoms with Gasteiger partial charge >= 0.3 is 11.9 Å². The average Bonchev–Trinajstić information content (AvgIpc) is 3.19. The van der Waals surface area contributed by atoms with Crippen LogP contribution < -0.4 is 14.8 Å². The normalized spacial score (nSPS) is 24.2. The lowest BCUT2D eigenvalue weighted by Gasteiger charge is -2.38. The second kappa shape index (κ2) is 8.61.